The number of amides is 2. The topological polar surface area (TPSA) is 114 Å². The van der Waals surface area contributed by atoms with Crippen LogP contribution in [0, 0.1) is 10.1 Å². The summed E-state index contributed by atoms with van der Waals surface area (Å²) in [5.41, 5.74) is 2.90. The molecule has 2 amide bonds. The van der Waals surface area contributed by atoms with E-state index in [1.54, 1.807) is 0 Å². The third-order valence-electron chi connectivity index (χ3n) is 3.96. The number of nitro benzene ring substituents is 1. The second-order valence-electron chi connectivity index (χ2n) is 6.29. The third kappa shape index (κ3) is 10.7. The predicted molar refractivity (Wildman–Crippen MR) is 104 cm³/mol. The first kappa shape index (κ1) is 22.3. The molecule has 0 fully saturated rings. The fourth-order valence-electron chi connectivity index (χ4n) is 2.41. The van der Waals surface area contributed by atoms with Gasteiger partial charge in [0.05, 0.1) is 17.7 Å². The van der Waals surface area contributed by atoms with E-state index < -0.39 is 10.8 Å². The van der Waals surface area contributed by atoms with E-state index >= 15 is 0 Å². The monoisotopic (exact) mass is 376 g/mol. The molecule has 27 heavy (non-hydrogen) atoms. The summed E-state index contributed by atoms with van der Waals surface area (Å²) in [7, 11) is 0. The number of hydrogen-bond donors (Lipinski definition) is 2. The van der Waals surface area contributed by atoms with Crippen molar-refractivity contribution in [2.75, 3.05) is 6.54 Å². The zero-order valence-electron chi connectivity index (χ0n) is 15.8. The van der Waals surface area contributed by atoms with E-state index in [-0.39, 0.29) is 18.1 Å². The third-order valence-corrected chi connectivity index (χ3v) is 3.96. The lowest BCUT2D eigenvalue weighted by Crippen LogP contribution is -2.34. The molecule has 0 aliphatic heterocycles. The summed E-state index contributed by atoms with van der Waals surface area (Å²) in [5.74, 6) is -0.570. The van der Waals surface area contributed by atoms with Crippen molar-refractivity contribution >= 4 is 23.7 Å². The number of hydrogen-bond acceptors (Lipinski definition) is 5. The van der Waals surface area contributed by atoms with Gasteiger partial charge in [0, 0.05) is 18.6 Å². The first-order valence-corrected chi connectivity index (χ1v) is 9.36. The Labute approximate surface area is 159 Å². The maximum absolute atomic E-state index is 11.7. The number of benzene rings is 1. The Morgan fingerprint density at radius 1 is 1.04 bits per heavy atom. The number of nitrogens with zero attached hydrogens (tertiary/aromatic N) is 2. The van der Waals surface area contributed by atoms with Gasteiger partial charge >= 0.3 is 0 Å². The van der Waals surface area contributed by atoms with E-state index in [4.69, 9.17) is 0 Å². The molecular weight excluding hydrogens is 348 g/mol. The van der Waals surface area contributed by atoms with Crippen LogP contribution in [-0.2, 0) is 9.59 Å². The van der Waals surface area contributed by atoms with Crippen LogP contribution >= 0.6 is 0 Å². The molecule has 0 heterocycles. The molecule has 1 aromatic rings. The molecule has 0 spiro atoms. The minimum atomic E-state index is -0.488. The molecule has 148 valence electrons. The van der Waals surface area contributed by atoms with Crippen LogP contribution in [0.25, 0.3) is 0 Å². The van der Waals surface area contributed by atoms with Gasteiger partial charge in [-0.3, -0.25) is 19.7 Å². The van der Waals surface area contributed by atoms with Crippen molar-refractivity contribution < 1.29 is 14.5 Å². The Morgan fingerprint density at radius 3 is 2.30 bits per heavy atom. The van der Waals surface area contributed by atoms with Crippen molar-refractivity contribution in [3.63, 3.8) is 0 Å². The second-order valence-corrected chi connectivity index (χ2v) is 6.29. The first-order chi connectivity index (χ1) is 13.0. The lowest BCUT2D eigenvalue weighted by molar-refractivity contribution is -0.384. The number of nitro groups is 1. The van der Waals surface area contributed by atoms with E-state index in [9.17, 15) is 19.7 Å². The Morgan fingerprint density at radius 2 is 1.67 bits per heavy atom. The Kier molecular flexibility index (Phi) is 11.1. The van der Waals surface area contributed by atoms with Gasteiger partial charge in [-0.25, -0.2) is 5.43 Å². The molecule has 0 bridgehead atoms. The summed E-state index contributed by atoms with van der Waals surface area (Å²) in [6, 6.07) is 5.76. The molecular formula is C19H28N4O4. The van der Waals surface area contributed by atoms with Gasteiger partial charge in [-0.15, -0.1) is 0 Å². The maximum atomic E-state index is 11.7. The molecule has 0 saturated heterocycles. The summed E-state index contributed by atoms with van der Waals surface area (Å²) in [5, 5.41) is 16.9. The number of non-ortho nitro benzene ring substituents is 1. The van der Waals surface area contributed by atoms with Crippen molar-refractivity contribution in [1.82, 2.24) is 10.7 Å². The van der Waals surface area contributed by atoms with Crippen molar-refractivity contribution in [1.29, 1.82) is 0 Å². The molecule has 1 rings (SSSR count). The minimum Gasteiger partial charge on any atom is -0.347 e. The molecule has 0 aliphatic carbocycles. The average molecular weight is 376 g/mol. The molecule has 0 aliphatic rings. The van der Waals surface area contributed by atoms with Crippen LogP contribution in [0.15, 0.2) is 29.4 Å². The van der Waals surface area contributed by atoms with Crippen LogP contribution in [0.4, 0.5) is 5.69 Å². The van der Waals surface area contributed by atoms with Crippen molar-refractivity contribution in [3.8, 4) is 0 Å². The highest BCUT2D eigenvalue weighted by Gasteiger charge is 2.05. The summed E-state index contributed by atoms with van der Waals surface area (Å²) < 4.78 is 0. The summed E-state index contributed by atoms with van der Waals surface area (Å²) in [4.78, 5) is 33.4. The van der Waals surface area contributed by atoms with Crippen LogP contribution in [0.5, 0.6) is 0 Å². The van der Waals surface area contributed by atoms with Crippen LogP contribution in [0.2, 0.25) is 0 Å². The minimum absolute atomic E-state index is 0.0140. The summed E-state index contributed by atoms with van der Waals surface area (Å²) >= 11 is 0. The Bertz CT molecular complexity index is 629. The number of rotatable bonds is 13. The van der Waals surface area contributed by atoms with Gasteiger partial charge in [0.1, 0.15) is 0 Å². The van der Waals surface area contributed by atoms with Crippen molar-refractivity contribution in [3.05, 3.63) is 39.9 Å². The summed E-state index contributed by atoms with van der Waals surface area (Å²) in [6.45, 7) is 2.05. The predicted octanol–water partition coefficient (Wildman–Crippen LogP) is 3.30. The van der Waals surface area contributed by atoms with E-state index in [1.807, 2.05) is 0 Å². The highest BCUT2D eigenvalue weighted by atomic mass is 16.6. The molecule has 0 radical (unpaired) electrons. The molecule has 0 aromatic heterocycles. The van der Waals surface area contributed by atoms with Crippen LogP contribution in [-0.4, -0.2) is 29.5 Å². The van der Waals surface area contributed by atoms with Gasteiger partial charge in [0.15, 0.2) is 0 Å². The zero-order valence-corrected chi connectivity index (χ0v) is 15.8. The van der Waals surface area contributed by atoms with Gasteiger partial charge in [-0.2, -0.15) is 5.10 Å². The Balaban J connectivity index is 2.13. The van der Waals surface area contributed by atoms with Gasteiger partial charge in [-0.05, 0) is 24.1 Å². The Hall–Kier alpha value is -2.77. The van der Waals surface area contributed by atoms with Gasteiger partial charge in [0.2, 0.25) is 5.91 Å². The van der Waals surface area contributed by atoms with E-state index in [0.29, 0.717) is 12.0 Å². The van der Waals surface area contributed by atoms with Crippen molar-refractivity contribution in [2.24, 2.45) is 5.10 Å². The normalized spacial score (nSPS) is 10.7. The highest BCUT2D eigenvalue weighted by Crippen LogP contribution is 2.10. The van der Waals surface area contributed by atoms with Crippen LogP contribution < -0.4 is 10.7 Å². The van der Waals surface area contributed by atoms with Gasteiger partial charge < -0.3 is 5.32 Å². The van der Waals surface area contributed by atoms with Gasteiger partial charge in [0.25, 0.3) is 11.6 Å². The SMILES string of the molecule is CCCCCCCCCC(=O)NCC(=O)N/N=C\c1ccc([N+](=O)[O-])cc1. The molecule has 2 N–H and O–H groups in total. The number of nitrogens with one attached hydrogen (secondary N) is 2. The molecule has 8 heteroatoms. The lowest BCUT2D eigenvalue weighted by atomic mass is 10.1. The average Bonchev–Trinajstić information content (AvgIpc) is 2.66. The standard InChI is InChI=1S/C19H28N4O4/c1-2-3-4-5-6-7-8-9-18(24)20-15-19(25)22-21-14-16-10-12-17(13-11-16)23(26)27/h10-14H,2-9,15H2,1H3,(H,20,24)(H,22,25)/b21-14-. The van der Waals surface area contributed by atoms with E-state index in [2.05, 4.69) is 22.8 Å². The van der Waals surface area contributed by atoms with Crippen LogP contribution in [0.3, 0.4) is 0 Å². The summed E-state index contributed by atoms with van der Waals surface area (Å²) in [6.07, 6.45) is 9.76. The lowest BCUT2D eigenvalue weighted by Gasteiger charge is -2.04. The fourth-order valence-corrected chi connectivity index (χ4v) is 2.41. The molecule has 1 aromatic carbocycles. The fraction of sp³-hybridized carbons (Fsp3) is 0.526. The van der Waals surface area contributed by atoms with E-state index in [1.165, 1.54) is 56.2 Å². The first-order valence-electron chi connectivity index (χ1n) is 9.36. The van der Waals surface area contributed by atoms with Crippen LogP contribution in [0.1, 0.15) is 63.9 Å². The number of carbonyl (C=O) groups is 2. The van der Waals surface area contributed by atoms with Crippen molar-refractivity contribution in [2.45, 2.75) is 58.3 Å². The highest BCUT2D eigenvalue weighted by molar-refractivity contribution is 5.86. The van der Waals surface area contributed by atoms with Gasteiger partial charge in [-0.1, -0.05) is 45.4 Å². The molecule has 0 saturated carbocycles. The van der Waals surface area contributed by atoms with E-state index in [0.717, 1.165) is 19.3 Å². The number of hydrazone groups is 1. The zero-order chi connectivity index (χ0) is 19.9. The molecule has 0 atom stereocenters. The molecule has 8 nitrogen and oxygen atoms in total. The number of carbonyl (C=O) groups excluding carboxylic acids is 2. The maximum Gasteiger partial charge on any atom is 0.269 e. The second kappa shape index (κ2) is 13.4. The smallest absolute Gasteiger partial charge is 0.269 e. The quantitative estimate of drug-likeness (QED) is 0.238. The largest absolute Gasteiger partial charge is 0.347 e. The molecule has 0 unspecified atom stereocenters. The number of unbranched alkanes of at least 4 members (excludes halogenated alkanes) is 6.